The minimum atomic E-state index is -0.126. The van der Waals surface area contributed by atoms with E-state index < -0.39 is 0 Å². The van der Waals surface area contributed by atoms with Gasteiger partial charge in [0.15, 0.2) is 11.5 Å². The highest BCUT2D eigenvalue weighted by Crippen LogP contribution is 2.30. The normalized spacial score (nSPS) is 17.3. The first-order valence-corrected chi connectivity index (χ1v) is 12.5. The lowest BCUT2D eigenvalue weighted by Gasteiger charge is -2.35. The van der Waals surface area contributed by atoms with E-state index in [2.05, 4.69) is 10.3 Å². The van der Waals surface area contributed by atoms with E-state index in [1.54, 1.807) is 30.6 Å². The molecule has 2 aliphatic rings. The molecule has 2 fully saturated rings. The maximum Gasteiger partial charge on any atom is 0.251 e. The van der Waals surface area contributed by atoms with Crippen molar-refractivity contribution < 1.29 is 19.1 Å². The number of pyridine rings is 1. The number of benzene rings is 1. The number of carbonyl (C=O) groups excluding carboxylic acids is 2. The number of hydrogen-bond acceptors (Lipinski definition) is 5. The molecule has 34 heavy (non-hydrogen) atoms. The highest BCUT2D eigenvalue weighted by Gasteiger charge is 2.29. The van der Waals surface area contributed by atoms with Crippen molar-refractivity contribution in [2.24, 2.45) is 5.92 Å². The van der Waals surface area contributed by atoms with Gasteiger partial charge in [-0.1, -0.05) is 19.3 Å². The highest BCUT2D eigenvalue weighted by molar-refractivity contribution is 5.95. The molecule has 0 spiro atoms. The van der Waals surface area contributed by atoms with E-state index in [0.29, 0.717) is 49.3 Å². The minimum absolute atomic E-state index is 0.0704. The van der Waals surface area contributed by atoms with Gasteiger partial charge in [0.1, 0.15) is 6.61 Å². The second kappa shape index (κ2) is 11.9. The number of hydrogen-bond donors (Lipinski definition) is 1. The fourth-order valence-electron chi connectivity index (χ4n) is 4.80. The lowest BCUT2D eigenvalue weighted by atomic mass is 9.87. The van der Waals surface area contributed by atoms with Crippen LogP contribution in [0.25, 0.3) is 0 Å². The van der Waals surface area contributed by atoms with E-state index in [4.69, 9.17) is 9.47 Å². The largest absolute Gasteiger partial charge is 0.490 e. The molecule has 2 heterocycles. The first kappa shape index (κ1) is 24.0. The summed E-state index contributed by atoms with van der Waals surface area (Å²) in [6.45, 7) is 4.21. The Labute approximate surface area is 201 Å². The van der Waals surface area contributed by atoms with Crippen LogP contribution < -0.4 is 14.8 Å². The maximum absolute atomic E-state index is 12.9. The Bertz CT molecular complexity index is 952. The van der Waals surface area contributed by atoms with Gasteiger partial charge in [-0.15, -0.1) is 0 Å². The summed E-state index contributed by atoms with van der Waals surface area (Å²) >= 11 is 0. The molecule has 1 aliphatic carbocycles. The molecule has 1 aromatic heterocycles. The first-order chi connectivity index (χ1) is 16.6. The van der Waals surface area contributed by atoms with Crippen molar-refractivity contribution in [1.82, 2.24) is 15.2 Å². The molecule has 0 atom stereocenters. The van der Waals surface area contributed by atoms with Gasteiger partial charge in [-0.2, -0.15) is 0 Å². The van der Waals surface area contributed by atoms with Crippen molar-refractivity contribution in [3.8, 4) is 11.5 Å². The van der Waals surface area contributed by atoms with Crippen LogP contribution in [0.3, 0.4) is 0 Å². The molecule has 2 aromatic rings. The molecule has 0 unspecified atom stereocenters. The lowest BCUT2D eigenvalue weighted by molar-refractivity contribution is -0.137. The number of aromatic nitrogens is 1. The van der Waals surface area contributed by atoms with Crippen molar-refractivity contribution in [2.45, 2.75) is 64.5 Å². The Kier molecular flexibility index (Phi) is 8.39. The molecule has 0 bridgehead atoms. The predicted octanol–water partition coefficient (Wildman–Crippen LogP) is 4.36. The third kappa shape index (κ3) is 6.27. The maximum atomic E-state index is 12.9. The van der Waals surface area contributed by atoms with E-state index in [1.807, 2.05) is 24.0 Å². The summed E-state index contributed by atoms with van der Waals surface area (Å²) in [5.41, 5.74) is 1.55. The van der Waals surface area contributed by atoms with E-state index in [-0.39, 0.29) is 17.9 Å². The Balaban J connectivity index is 1.31. The molecule has 1 N–H and O–H groups in total. The molecule has 1 saturated heterocycles. The molecular weight excluding hydrogens is 430 g/mol. The Morgan fingerprint density at radius 1 is 0.971 bits per heavy atom. The van der Waals surface area contributed by atoms with Crippen LogP contribution in [0, 0.1) is 5.92 Å². The van der Waals surface area contributed by atoms with Crippen molar-refractivity contribution in [3.05, 3.63) is 53.9 Å². The Morgan fingerprint density at radius 2 is 1.71 bits per heavy atom. The highest BCUT2D eigenvalue weighted by atomic mass is 16.5. The van der Waals surface area contributed by atoms with Crippen LogP contribution in [0.1, 0.15) is 67.8 Å². The average Bonchev–Trinajstić information content (AvgIpc) is 2.89. The summed E-state index contributed by atoms with van der Waals surface area (Å²) in [4.78, 5) is 31.7. The summed E-state index contributed by atoms with van der Waals surface area (Å²) < 4.78 is 11.7. The summed E-state index contributed by atoms with van der Waals surface area (Å²) in [5, 5.41) is 3.14. The molecule has 1 saturated carbocycles. The van der Waals surface area contributed by atoms with E-state index in [1.165, 1.54) is 19.3 Å². The third-order valence-corrected chi connectivity index (χ3v) is 6.75. The summed E-state index contributed by atoms with van der Waals surface area (Å²) in [6.07, 6.45) is 10.7. The van der Waals surface area contributed by atoms with Crippen LogP contribution in [0.2, 0.25) is 0 Å². The molecule has 1 aliphatic heterocycles. The Morgan fingerprint density at radius 3 is 2.41 bits per heavy atom. The number of rotatable bonds is 8. The van der Waals surface area contributed by atoms with Gasteiger partial charge in [0.25, 0.3) is 5.91 Å². The standard InChI is InChI=1S/C27H35N3O4/c1-2-33-25-18-22(8-9-24(25)34-19-20-10-14-28-15-11-20)26(31)29-23-12-16-30(17-13-23)27(32)21-6-4-3-5-7-21/h8-11,14-15,18,21,23H,2-7,12-13,16-17,19H2,1H3,(H,29,31). The van der Waals surface area contributed by atoms with Gasteiger partial charge in [-0.3, -0.25) is 14.6 Å². The van der Waals surface area contributed by atoms with Crippen LogP contribution in [-0.2, 0) is 11.4 Å². The van der Waals surface area contributed by atoms with Gasteiger partial charge >= 0.3 is 0 Å². The molecule has 4 rings (SSSR count). The van der Waals surface area contributed by atoms with E-state index >= 15 is 0 Å². The number of ether oxygens (including phenoxy) is 2. The minimum Gasteiger partial charge on any atom is -0.490 e. The van der Waals surface area contributed by atoms with Gasteiger partial charge in [0, 0.05) is 43.0 Å². The van der Waals surface area contributed by atoms with Crippen LogP contribution in [0.15, 0.2) is 42.7 Å². The van der Waals surface area contributed by atoms with Gasteiger partial charge in [0.05, 0.1) is 6.61 Å². The van der Waals surface area contributed by atoms with Crippen LogP contribution in [-0.4, -0.2) is 47.4 Å². The second-order valence-corrected chi connectivity index (χ2v) is 9.15. The number of amides is 2. The quantitative estimate of drug-likeness (QED) is 0.627. The predicted molar refractivity (Wildman–Crippen MR) is 130 cm³/mol. The number of likely N-dealkylation sites (tertiary alicyclic amines) is 1. The zero-order chi connectivity index (χ0) is 23.8. The molecule has 7 heteroatoms. The fourth-order valence-corrected chi connectivity index (χ4v) is 4.80. The first-order valence-electron chi connectivity index (χ1n) is 12.5. The van der Waals surface area contributed by atoms with Crippen LogP contribution >= 0.6 is 0 Å². The fraction of sp³-hybridized carbons (Fsp3) is 0.519. The van der Waals surface area contributed by atoms with Gasteiger partial charge < -0.3 is 19.7 Å². The number of nitrogens with one attached hydrogen (secondary N) is 1. The summed E-state index contributed by atoms with van der Waals surface area (Å²) in [7, 11) is 0. The van der Waals surface area contributed by atoms with Crippen molar-refractivity contribution in [3.63, 3.8) is 0 Å². The van der Waals surface area contributed by atoms with Crippen molar-refractivity contribution >= 4 is 11.8 Å². The molecule has 7 nitrogen and oxygen atoms in total. The van der Waals surface area contributed by atoms with Gasteiger partial charge in [-0.05, 0) is 68.5 Å². The number of nitrogens with zero attached hydrogens (tertiary/aromatic N) is 2. The SMILES string of the molecule is CCOc1cc(C(=O)NC2CCN(C(=O)C3CCCCC3)CC2)ccc1OCc1ccncc1. The Hall–Kier alpha value is -3.09. The molecular formula is C27H35N3O4. The monoisotopic (exact) mass is 465 g/mol. The van der Waals surface area contributed by atoms with E-state index in [0.717, 1.165) is 31.2 Å². The lowest BCUT2D eigenvalue weighted by Crippen LogP contribution is -2.48. The molecule has 0 radical (unpaired) electrons. The molecule has 2 amide bonds. The van der Waals surface area contributed by atoms with Crippen molar-refractivity contribution in [1.29, 1.82) is 0 Å². The van der Waals surface area contributed by atoms with E-state index in [9.17, 15) is 9.59 Å². The zero-order valence-electron chi connectivity index (χ0n) is 20.0. The molecule has 182 valence electrons. The summed E-state index contributed by atoms with van der Waals surface area (Å²) in [5.74, 6) is 1.55. The second-order valence-electron chi connectivity index (χ2n) is 9.15. The smallest absolute Gasteiger partial charge is 0.251 e. The van der Waals surface area contributed by atoms with Crippen molar-refractivity contribution in [2.75, 3.05) is 19.7 Å². The van der Waals surface area contributed by atoms with Gasteiger partial charge in [-0.25, -0.2) is 0 Å². The molecule has 1 aromatic carbocycles. The van der Waals surface area contributed by atoms with Crippen LogP contribution in [0.4, 0.5) is 0 Å². The average molecular weight is 466 g/mol. The number of piperidine rings is 1. The number of carbonyl (C=O) groups is 2. The van der Waals surface area contributed by atoms with Gasteiger partial charge in [0.2, 0.25) is 5.91 Å². The third-order valence-electron chi connectivity index (χ3n) is 6.75. The van der Waals surface area contributed by atoms with Crippen LogP contribution in [0.5, 0.6) is 11.5 Å². The zero-order valence-corrected chi connectivity index (χ0v) is 20.0. The summed E-state index contributed by atoms with van der Waals surface area (Å²) in [6, 6.07) is 9.16. The topological polar surface area (TPSA) is 80.8 Å².